The summed E-state index contributed by atoms with van der Waals surface area (Å²) in [5.74, 6) is 1.26. The molecule has 1 aliphatic carbocycles. The van der Waals surface area contributed by atoms with Gasteiger partial charge in [-0.2, -0.15) is 0 Å². The second-order valence-corrected chi connectivity index (χ2v) is 5.83. The zero-order chi connectivity index (χ0) is 14.8. The van der Waals surface area contributed by atoms with Crippen LogP contribution < -0.4 is 4.74 Å². The molecule has 2 aromatic rings. The minimum atomic E-state index is -0.390. The molecule has 1 aliphatic rings. The Labute approximate surface area is 126 Å². The van der Waals surface area contributed by atoms with Crippen LogP contribution in [-0.4, -0.2) is 21.6 Å². The molecule has 0 aliphatic heterocycles. The molecule has 1 saturated carbocycles. The van der Waals surface area contributed by atoms with Gasteiger partial charge in [0.05, 0.1) is 12.0 Å². The number of non-ortho nitro benzene ring substituents is 1. The molecule has 21 heavy (non-hydrogen) atoms. The van der Waals surface area contributed by atoms with Gasteiger partial charge in [0.2, 0.25) is 0 Å². The van der Waals surface area contributed by atoms with Crippen molar-refractivity contribution in [2.45, 2.75) is 29.8 Å². The highest BCUT2D eigenvalue weighted by molar-refractivity contribution is 7.98. The maximum Gasteiger partial charge on any atom is 0.270 e. The average Bonchev–Trinajstić information content (AvgIpc) is 3.23. The number of thioether (sulfide) groups is 1. The lowest BCUT2D eigenvalue weighted by molar-refractivity contribution is -0.384. The van der Waals surface area contributed by atoms with Crippen molar-refractivity contribution < 1.29 is 9.66 Å². The minimum Gasteiger partial charge on any atom is -0.496 e. The number of methoxy groups -OCH3 is 1. The van der Waals surface area contributed by atoms with Crippen molar-refractivity contribution in [1.29, 1.82) is 0 Å². The smallest absolute Gasteiger partial charge is 0.270 e. The summed E-state index contributed by atoms with van der Waals surface area (Å²) < 4.78 is 7.45. The lowest BCUT2D eigenvalue weighted by Crippen LogP contribution is -1.97. The molecule has 7 heteroatoms. The van der Waals surface area contributed by atoms with Gasteiger partial charge >= 0.3 is 0 Å². The number of nitrogens with zero attached hydrogens (tertiary/aromatic N) is 3. The quantitative estimate of drug-likeness (QED) is 0.464. The molecule has 6 nitrogen and oxygen atoms in total. The summed E-state index contributed by atoms with van der Waals surface area (Å²) >= 11 is 1.57. The van der Waals surface area contributed by atoms with Crippen LogP contribution in [0.3, 0.4) is 0 Å². The lowest BCUT2D eigenvalue weighted by atomic mass is 10.2. The van der Waals surface area contributed by atoms with Gasteiger partial charge in [0.25, 0.3) is 5.69 Å². The Bertz CT molecular complexity index is 667. The number of benzene rings is 1. The number of hydrogen-bond donors (Lipinski definition) is 0. The molecular weight excluding hydrogens is 290 g/mol. The van der Waals surface area contributed by atoms with Crippen LogP contribution in [0.2, 0.25) is 0 Å². The number of ether oxygens (including phenoxy) is 1. The largest absolute Gasteiger partial charge is 0.496 e. The van der Waals surface area contributed by atoms with Crippen molar-refractivity contribution in [2.75, 3.05) is 7.11 Å². The van der Waals surface area contributed by atoms with Crippen LogP contribution in [0.1, 0.15) is 24.4 Å². The maximum atomic E-state index is 10.9. The Morgan fingerprint density at radius 3 is 3.00 bits per heavy atom. The van der Waals surface area contributed by atoms with E-state index in [0.29, 0.717) is 17.5 Å². The molecule has 0 N–H and O–H groups in total. The van der Waals surface area contributed by atoms with Gasteiger partial charge in [0, 0.05) is 41.9 Å². The van der Waals surface area contributed by atoms with Crippen LogP contribution in [0.25, 0.3) is 0 Å². The summed E-state index contributed by atoms with van der Waals surface area (Å²) in [4.78, 5) is 14.8. The molecule has 1 heterocycles. The normalized spacial score (nSPS) is 14.1. The first-order valence-electron chi connectivity index (χ1n) is 6.66. The summed E-state index contributed by atoms with van der Waals surface area (Å²) in [7, 11) is 1.57. The molecule has 1 fully saturated rings. The third kappa shape index (κ3) is 3.02. The van der Waals surface area contributed by atoms with E-state index >= 15 is 0 Å². The molecule has 0 amide bonds. The number of imidazole rings is 1. The second-order valence-electron chi connectivity index (χ2n) is 4.89. The molecular formula is C14H15N3O3S. The third-order valence-electron chi connectivity index (χ3n) is 3.40. The Morgan fingerprint density at radius 2 is 2.33 bits per heavy atom. The van der Waals surface area contributed by atoms with E-state index < -0.39 is 4.92 Å². The van der Waals surface area contributed by atoms with Crippen LogP contribution in [0, 0.1) is 10.1 Å². The first kappa shape index (κ1) is 13.9. The standard InChI is InChI=1S/C14H15N3O3S/c1-20-13-5-4-12(17(18)19)8-10(13)9-21-14-15-6-7-16(14)11-2-3-11/h4-8,11H,2-3,9H2,1H3. The second kappa shape index (κ2) is 5.77. The fourth-order valence-electron chi connectivity index (χ4n) is 2.18. The summed E-state index contributed by atoms with van der Waals surface area (Å²) in [5.41, 5.74) is 0.888. The Morgan fingerprint density at radius 1 is 1.52 bits per heavy atom. The van der Waals surface area contributed by atoms with Gasteiger partial charge in [-0.1, -0.05) is 11.8 Å². The van der Waals surface area contributed by atoms with Crippen molar-refractivity contribution >= 4 is 17.4 Å². The van der Waals surface area contributed by atoms with Gasteiger partial charge in [-0.25, -0.2) is 4.98 Å². The molecule has 0 radical (unpaired) electrons. The molecule has 3 rings (SSSR count). The van der Waals surface area contributed by atoms with Crippen molar-refractivity contribution in [2.24, 2.45) is 0 Å². The molecule has 0 saturated heterocycles. The summed E-state index contributed by atoms with van der Waals surface area (Å²) in [6, 6.07) is 5.23. The van der Waals surface area contributed by atoms with Crippen molar-refractivity contribution in [3.8, 4) is 5.75 Å². The SMILES string of the molecule is COc1ccc([N+](=O)[O-])cc1CSc1nccn1C1CC1. The number of aromatic nitrogens is 2. The van der Waals surface area contributed by atoms with E-state index in [0.717, 1.165) is 10.7 Å². The van der Waals surface area contributed by atoms with Crippen molar-refractivity contribution in [3.63, 3.8) is 0 Å². The highest BCUT2D eigenvalue weighted by Gasteiger charge is 2.25. The number of nitro groups is 1. The fraction of sp³-hybridized carbons (Fsp3) is 0.357. The molecule has 0 atom stereocenters. The van der Waals surface area contributed by atoms with Gasteiger partial charge in [0.15, 0.2) is 5.16 Å². The van der Waals surface area contributed by atoms with Crippen LogP contribution in [0.15, 0.2) is 35.7 Å². The van der Waals surface area contributed by atoms with E-state index in [4.69, 9.17) is 4.74 Å². The van der Waals surface area contributed by atoms with Gasteiger partial charge in [-0.05, 0) is 18.9 Å². The van der Waals surface area contributed by atoms with Gasteiger partial charge in [-0.3, -0.25) is 10.1 Å². The molecule has 0 spiro atoms. The van der Waals surface area contributed by atoms with E-state index in [1.54, 1.807) is 37.2 Å². The Balaban J connectivity index is 1.78. The summed E-state index contributed by atoms with van der Waals surface area (Å²) in [6.07, 6.45) is 6.18. The predicted octanol–water partition coefficient (Wildman–Crippen LogP) is 3.43. The van der Waals surface area contributed by atoms with Crippen LogP contribution >= 0.6 is 11.8 Å². The van der Waals surface area contributed by atoms with E-state index in [-0.39, 0.29) is 5.69 Å². The lowest BCUT2D eigenvalue weighted by Gasteiger charge is -2.09. The zero-order valence-corrected chi connectivity index (χ0v) is 12.4. The predicted molar refractivity (Wildman–Crippen MR) is 79.7 cm³/mol. The molecule has 110 valence electrons. The summed E-state index contributed by atoms with van der Waals surface area (Å²) in [6.45, 7) is 0. The summed E-state index contributed by atoms with van der Waals surface area (Å²) in [5, 5.41) is 11.8. The highest BCUT2D eigenvalue weighted by Crippen LogP contribution is 2.38. The highest BCUT2D eigenvalue weighted by atomic mass is 32.2. The number of rotatable bonds is 6. The minimum absolute atomic E-state index is 0.0805. The zero-order valence-electron chi connectivity index (χ0n) is 11.6. The van der Waals surface area contributed by atoms with E-state index in [1.165, 1.54) is 18.9 Å². The van der Waals surface area contributed by atoms with E-state index in [1.807, 2.05) is 6.20 Å². The molecule has 1 aromatic carbocycles. The topological polar surface area (TPSA) is 70.2 Å². The Hall–Kier alpha value is -2.02. The first-order valence-corrected chi connectivity index (χ1v) is 7.64. The van der Waals surface area contributed by atoms with Gasteiger partial charge in [0.1, 0.15) is 5.75 Å². The van der Waals surface area contributed by atoms with E-state index in [2.05, 4.69) is 9.55 Å². The van der Waals surface area contributed by atoms with E-state index in [9.17, 15) is 10.1 Å². The molecule has 0 bridgehead atoms. The third-order valence-corrected chi connectivity index (χ3v) is 4.43. The van der Waals surface area contributed by atoms with Crippen LogP contribution in [0.5, 0.6) is 5.75 Å². The molecule has 1 aromatic heterocycles. The number of nitro benzene ring substituents is 1. The Kier molecular flexibility index (Phi) is 3.83. The first-order chi connectivity index (χ1) is 10.2. The van der Waals surface area contributed by atoms with Crippen LogP contribution in [0.4, 0.5) is 5.69 Å². The maximum absolute atomic E-state index is 10.9. The van der Waals surface area contributed by atoms with Gasteiger partial charge < -0.3 is 9.30 Å². The average molecular weight is 305 g/mol. The monoisotopic (exact) mass is 305 g/mol. The van der Waals surface area contributed by atoms with Gasteiger partial charge in [-0.15, -0.1) is 0 Å². The molecule has 0 unspecified atom stereocenters. The van der Waals surface area contributed by atoms with Crippen LogP contribution in [-0.2, 0) is 5.75 Å². The van der Waals surface area contributed by atoms with Crippen molar-refractivity contribution in [1.82, 2.24) is 9.55 Å². The van der Waals surface area contributed by atoms with Crippen molar-refractivity contribution in [3.05, 3.63) is 46.3 Å². The number of hydrogen-bond acceptors (Lipinski definition) is 5. The fourth-order valence-corrected chi connectivity index (χ4v) is 3.18.